The van der Waals surface area contributed by atoms with Crippen molar-refractivity contribution in [1.82, 2.24) is 19.9 Å². The summed E-state index contributed by atoms with van der Waals surface area (Å²) >= 11 is 0. The molecule has 1 unspecified atom stereocenters. The van der Waals surface area contributed by atoms with Gasteiger partial charge in [0.05, 0.1) is 18.9 Å². The number of nitrogens with one attached hydrogen (secondary N) is 1. The van der Waals surface area contributed by atoms with Crippen LogP contribution in [0.4, 0.5) is 11.6 Å². The molecule has 4 rings (SSSR count). The average Bonchev–Trinajstić information content (AvgIpc) is 3.28. The van der Waals surface area contributed by atoms with Gasteiger partial charge in [0.2, 0.25) is 5.95 Å². The Morgan fingerprint density at radius 2 is 1.90 bits per heavy atom. The first kappa shape index (κ1) is 19.3. The third kappa shape index (κ3) is 4.36. The second kappa shape index (κ2) is 8.58. The van der Waals surface area contributed by atoms with Gasteiger partial charge in [-0.2, -0.15) is 15.0 Å². The fraction of sp³-hybridized carbons (Fsp3) is 0.143. The number of aliphatic hydroxyl groups excluding tert-OH is 1. The van der Waals surface area contributed by atoms with Gasteiger partial charge in [0.15, 0.2) is 24.3 Å². The highest BCUT2D eigenvalue weighted by Gasteiger charge is 2.14. The van der Waals surface area contributed by atoms with E-state index in [9.17, 15) is 5.11 Å². The third-order valence-corrected chi connectivity index (χ3v) is 4.08. The summed E-state index contributed by atoms with van der Waals surface area (Å²) in [6.07, 6.45) is 1.91. The fourth-order valence-corrected chi connectivity index (χ4v) is 2.78. The van der Waals surface area contributed by atoms with Crippen molar-refractivity contribution in [2.75, 3.05) is 12.4 Å². The van der Waals surface area contributed by atoms with E-state index in [1.807, 2.05) is 42.5 Å². The normalized spacial score (nSPS) is 11.7. The van der Waals surface area contributed by atoms with E-state index in [0.29, 0.717) is 23.0 Å². The van der Waals surface area contributed by atoms with Crippen LogP contribution in [0, 0.1) is 0 Å². The van der Waals surface area contributed by atoms with Crippen LogP contribution < -0.4 is 14.8 Å². The minimum Gasteiger partial charge on any atom is -0.496 e. The number of anilines is 2. The van der Waals surface area contributed by atoms with Crippen molar-refractivity contribution in [2.45, 2.75) is 13.2 Å². The van der Waals surface area contributed by atoms with Crippen LogP contribution in [0.5, 0.6) is 11.8 Å². The van der Waals surface area contributed by atoms with E-state index in [-0.39, 0.29) is 12.0 Å². The Labute approximate surface area is 172 Å². The van der Waals surface area contributed by atoms with Crippen molar-refractivity contribution in [3.05, 3.63) is 61.1 Å². The maximum Gasteiger partial charge on any atom is 0.324 e. The number of benzene rings is 2. The monoisotopic (exact) mass is 405 g/mol. The van der Waals surface area contributed by atoms with Crippen LogP contribution >= 0.6 is 0 Å². The lowest BCUT2D eigenvalue weighted by Crippen LogP contribution is -2.13. The zero-order chi connectivity index (χ0) is 20.9. The molecule has 0 bridgehead atoms. The summed E-state index contributed by atoms with van der Waals surface area (Å²) in [5.74, 6) is 1.86. The van der Waals surface area contributed by atoms with Gasteiger partial charge in [0.1, 0.15) is 5.75 Å². The van der Waals surface area contributed by atoms with E-state index in [1.165, 1.54) is 13.3 Å². The van der Waals surface area contributed by atoms with Crippen LogP contribution in [0.15, 0.2) is 65.5 Å². The molecule has 0 aliphatic heterocycles. The Balaban J connectivity index is 1.68. The van der Waals surface area contributed by atoms with Gasteiger partial charge in [0, 0.05) is 17.3 Å². The molecule has 9 heteroatoms. The lowest BCUT2D eigenvalue weighted by Gasteiger charge is -2.12. The number of ether oxygens (including phenoxy) is 2. The largest absolute Gasteiger partial charge is 0.496 e. The third-order valence-electron chi connectivity index (χ3n) is 4.08. The van der Waals surface area contributed by atoms with E-state index in [0.717, 1.165) is 11.1 Å². The first-order valence-corrected chi connectivity index (χ1v) is 9.12. The number of oxazole rings is 1. The van der Waals surface area contributed by atoms with E-state index in [4.69, 9.17) is 13.9 Å². The van der Waals surface area contributed by atoms with Gasteiger partial charge in [-0.05, 0) is 19.1 Å². The molecule has 0 saturated heterocycles. The van der Waals surface area contributed by atoms with Crippen LogP contribution in [0.1, 0.15) is 6.92 Å². The highest BCUT2D eigenvalue weighted by atomic mass is 16.6. The summed E-state index contributed by atoms with van der Waals surface area (Å²) in [7, 11) is 1.57. The molecule has 9 nitrogen and oxygen atoms in total. The maximum absolute atomic E-state index is 9.56. The zero-order valence-electron chi connectivity index (χ0n) is 16.3. The number of nitrogens with zero attached hydrogens (tertiary/aromatic N) is 4. The van der Waals surface area contributed by atoms with Crippen LogP contribution in [-0.2, 0) is 0 Å². The molecular formula is C21H19N5O4. The van der Waals surface area contributed by atoms with Gasteiger partial charge in [0.25, 0.3) is 0 Å². The van der Waals surface area contributed by atoms with Gasteiger partial charge in [-0.15, -0.1) is 0 Å². The summed E-state index contributed by atoms with van der Waals surface area (Å²) in [5.41, 5.74) is 2.24. The molecule has 0 spiro atoms. The number of aromatic nitrogens is 4. The van der Waals surface area contributed by atoms with Crippen molar-refractivity contribution in [2.24, 2.45) is 0 Å². The molecule has 2 aromatic carbocycles. The molecule has 30 heavy (non-hydrogen) atoms. The molecule has 0 aliphatic carbocycles. The SMILES string of the molecule is COc1cc(Nc2nc(OC(C)O)nc(-c3ccccc3)n2)ccc1-c1cnco1. The molecule has 0 aliphatic rings. The Morgan fingerprint density at radius 3 is 2.60 bits per heavy atom. The number of rotatable bonds is 7. The number of aliphatic hydroxyl groups is 1. The lowest BCUT2D eigenvalue weighted by atomic mass is 10.1. The molecule has 2 N–H and O–H groups in total. The van der Waals surface area contributed by atoms with E-state index < -0.39 is 6.29 Å². The zero-order valence-corrected chi connectivity index (χ0v) is 16.3. The second-order valence-corrected chi connectivity index (χ2v) is 6.25. The van der Waals surface area contributed by atoms with Crippen molar-refractivity contribution < 1.29 is 19.0 Å². The standard InChI is InChI=1S/C21H19N5O4/c1-13(27)30-21-25-19(14-6-4-3-5-7-14)24-20(26-21)23-15-8-9-16(17(10-15)28-2)18-11-22-12-29-18/h3-13,27H,1-2H3,(H,23,24,25,26). The number of methoxy groups -OCH3 is 1. The topological polar surface area (TPSA) is 115 Å². The summed E-state index contributed by atoms with van der Waals surface area (Å²) in [4.78, 5) is 16.9. The van der Waals surface area contributed by atoms with Crippen LogP contribution in [-0.4, -0.2) is 38.4 Å². The van der Waals surface area contributed by atoms with E-state index in [1.54, 1.807) is 19.4 Å². The molecule has 2 aromatic heterocycles. The van der Waals surface area contributed by atoms with Gasteiger partial charge in [-0.25, -0.2) is 4.98 Å². The second-order valence-electron chi connectivity index (χ2n) is 6.25. The van der Waals surface area contributed by atoms with Crippen molar-refractivity contribution in [3.63, 3.8) is 0 Å². The Kier molecular flexibility index (Phi) is 5.53. The summed E-state index contributed by atoms with van der Waals surface area (Å²) < 4.78 is 16.1. The molecule has 0 fully saturated rings. The molecule has 0 amide bonds. The predicted octanol–water partition coefficient (Wildman–Crippen LogP) is 3.66. The van der Waals surface area contributed by atoms with Crippen molar-refractivity contribution >= 4 is 11.6 Å². The van der Waals surface area contributed by atoms with Gasteiger partial charge < -0.3 is 24.3 Å². The summed E-state index contributed by atoms with van der Waals surface area (Å²) in [6.45, 7) is 1.48. The van der Waals surface area contributed by atoms with Gasteiger partial charge in [-0.1, -0.05) is 30.3 Å². The minimum atomic E-state index is -1.06. The summed E-state index contributed by atoms with van der Waals surface area (Å²) in [6, 6.07) is 14.9. The molecular weight excluding hydrogens is 386 g/mol. The quantitative estimate of drug-likeness (QED) is 0.444. The van der Waals surface area contributed by atoms with E-state index >= 15 is 0 Å². The number of hydrogen-bond acceptors (Lipinski definition) is 9. The van der Waals surface area contributed by atoms with Crippen LogP contribution in [0.2, 0.25) is 0 Å². The lowest BCUT2D eigenvalue weighted by molar-refractivity contribution is -0.00726. The molecule has 152 valence electrons. The van der Waals surface area contributed by atoms with Crippen molar-refractivity contribution in [1.29, 1.82) is 0 Å². The number of hydrogen-bond donors (Lipinski definition) is 2. The molecule has 1 atom stereocenters. The Hall–Kier alpha value is -3.98. The molecule has 0 radical (unpaired) electrons. The van der Waals surface area contributed by atoms with E-state index in [2.05, 4.69) is 25.3 Å². The Bertz CT molecular complexity index is 1120. The first-order valence-electron chi connectivity index (χ1n) is 9.12. The Morgan fingerprint density at radius 1 is 1.07 bits per heavy atom. The first-order chi connectivity index (χ1) is 14.6. The fourth-order valence-electron chi connectivity index (χ4n) is 2.78. The average molecular weight is 405 g/mol. The molecule has 2 heterocycles. The molecule has 0 saturated carbocycles. The smallest absolute Gasteiger partial charge is 0.324 e. The van der Waals surface area contributed by atoms with Crippen LogP contribution in [0.3, 0.4) is 0 Å². The van der Waals surface area contributed by atoms with Gasteiger partial charge in [-0.3, -0.25) is 0 Å². The highest BCUT2D eigenvalue weighted by molar-refractivity contribution is 5.71. The van der Waals surface area contributed by atoms with Gasteiger partial charge >= 0.3 is 6.01 Å². The highest BCUT2D eigenvalue weighted by Crippen LogP contribution is 2.33. The summed E-state index contributed by atoms with van der Waals surface area (Å²) in [5, 5.41) is 12.7. The van der Waals surface area contributed by atoms with Crippen LogP contribution in [0.25, 0.3) is 22.7 Å². The molecule has 4 aromatic rings. The maximum atomic E-state index is 9.56. The van der Waals surface area contributed by atoms with Crippen molar-refractivity contribution in [3.8, 4) is 34.5 Å². The predicted molar refractivity (Wildman–Crippen MR) is 109 cm³/mol. The minimum absolute atomic E-state index is 0.00611.